The van der Waals surface area contributed by atoms with Gasteiger partial charge in [0, 0.05) is 13.0 Å². The molecule has 1 aromatic carbocycles. The molecule has 0 saturated carbocycles. The minimum atomic E-state index is -1.07. The van der Waals surface area contributed by atoms with Crippen LogP contribution in [-0.2, 0) is 19.0 Å². The van der Waals surface area contributed by atoms with E-state index in [0.717, 1.165) is 29.6 Å². The van der Waals surface area contributed by atoms with Crippen LogP contribution in [0.3, 0.4) is 0 Å². The van der Waals surface area contributed by atoms with Gasteiger partial charge in [0.15, 0.2) is 0 Å². The molecule has 4 rings (SSSR count). The van der Waals surface area contributed by atoms with Crippen molar-refractivity contribution >= 4 is 31.0 Å². The van der Waals surface area contributed by atoms with Gasteiger partial charge in [-0.25, -0.2) is 0 Å². The lowest BCUT2D eigenvalue weighted by molar-refractivity contribution is -0.141. The molecule has 1 aliphatic carbocycles. The van der Waals surface area contributed by atoms with E-state index in [-0.39, 0.29) is 49.4 Å². The summed E-state index contributed by atoms with van der Waals surface area (Å²) in [6, 6.07) is 7.07. The number of aromatic hydroxyl groups is 1. The van der Waals surface area contributed by atoms with Crippen LogP contribution in [0.25, 0.3) is 6.08 Å². The fraction of sp³-hybridized carbons (Fsp3) is 0.567. The Balaban J connectivity index is 1.51. The number of imide groups is 1. The summed E-state index contributed by atoms with van der Waals surface area (Å²) in [6.45, 7) is 2.12. The van der Waals surface area contributed by atoms with Crippen molar-refractivity contribution in [3.63, 3.8) is 0 Å². The van der Waals surface area contributed by atoms with E-state index in [0.29, 0.717) is 38.5 Å². The predicted octanol–water partition coefficient (Wildman–Crippen LogP) is 3.79. The lowest BCUT2D eigenvalue weighted by atomic mass is 9.58. The number of aliphatic carboxylic acids is 1. The van der Waals surface area contributed by atoms with Crippen LogP contribution >= 0.6 is 0 Å². The minimum Gasteiger partial charge on any atom is -0.508 e. The third kappa shape index (κ3) is 6.85. The second-order valence-corrected chi connectivity index (χ2v) is 11.2. The first-order valence-corrected chi connectivity index (χ1v) is 14.4. The molecular formula is C30H40BNO8. The summed E-state index contributed by atoms with van der Waals surface area (Å²) in [4.78, 5) is 38.9. The highest BCUT2D eigenvalue weighted by atomic mass is 16.5. The molecule has 40 heavy (non-hydrogen) atoms. The lowest BCUT2D eigenvalue weighted by Gasteiger charge is -2.43. The van der Waals surface area contributed by atoms with Gasteiger partial charge < -0.3 is 25.0 Å². The lowest BCUT2D eigenvalue weighted by Crippen LogP contribution is -2.46. The average molecular weight is 553 g/mol. The number of benzene rings is 1. The number of aliphatic hydroxyl groups excluding tert-OH is 1. The zero-order chi connectivity index (χ0) is 28.8. The molecule has 4 N–H and O–H groups in total. The molecule has 0 spiro atoms. The quantitative estimate of drug-likeness (QED) is 0.125. The summed E-state index contributed by atoms with van der Waals surface area (Å²) in [5, 5.41) is 39.7. The number of carbonyl (C=O) groups is 3. The first-order valence-electron chi connectivity index (χ1n) is 14.4. The van der Waals surface area contributed by atoms with Gasteiger partial charge in [-0.1, -0.05) is 43.5 Å². The van der Waals surface area contributed by atoms with Gasteiger partial charge in [0.1, 0.15) is 5.75 Å². The Morgan fingerprint density at radius 2 is 1.93 bits per heavy atom. The number of aliphatic hydroxyl groups is 1. The van der Waals surface area contributed by atoms with Crippen LogP contribution in [0.15, 0.2) is 41.0 Å². The molecule has 2 amide bonds. The van der Waals surface area contributed by atoms with Crippen LogP contribution in [0.4, 0.5) is 0 Å². The van der Waals surface area contributed by atoms with Crippen molar-refractivity contribution in [2.45, 2.75) is 77.1 Å². The van der Waals surface area contributed by atoms with E-state index in [1.54, 1.807) is 18.2 Å². The summed E-state index contributed by atoms with van der Waals surface area (Å²) >= 11 is 0. The first kappa shape index (κ1) is 30.0. The second-order valence-electron chi connectivity index (χ2n) is 11.2. The molecule has 2 fully saturated rings. The predicted molar refractivity (Wildman–Crippen MR) is 150 cm³/mol. The summed E-state index contributed by atoms with van der Waals surface area (Å²) in [6.07, 6.45) is 6.83. The molecule has 4 atom stereocenters. The molecular weight excluding hydrogens is 513 g/mol. The van der Waals surface area contributed by atoms with Crippen molar-refractivity contribution in [3.05, 3.63) is 46.5 Å². The SMILES string of the molecule is CCC/C(=C\c1cccc(O)c1)CC[C@H]1OB(O)C[C@H]2C1=C(CO)C[C@H]1C(=O)N(CCCCCC(=O)O)C(=O)[C@H]12. The molecule has 9 nitrogen and oxygen atoms in total. The van der Waals surface area contributed by atoms with Gasteiger partial charge in [0.25, 0.3) is 0 Å². The van der Waals surface area contributed by atoms with Gasteiger partial charge in [0.05, 0.1) is 24.5 Å². The molecule has 2 heterocycles. The van der Waals surface area contributed by atoms with Crippen LogP contribution in [0.1, 0.15) is 70.3 Å². The Hall–Kier alpha value is -2.95. The van der Waals surface area contributed by atoms with Gasteiger partial charge in [0.2, 0.25) is 11.8 Å². The topological polar surface area (TPSA) is 145 Å². The maximum atomic E-state index is 13.5. The molecule has 0 unspecified atom stereocenters. The number of carboxylic acids is 1. The number of unbranched alkanes of at least 4 members (excludes halogenated alkanes) is 2. The number of rotatable bonds is 13. The van der Waals surface area contributed by atoms with E-state index >= 15 is 0 Å². The third-order valence-electron chi connectivity index (χ3n) is 8.40. The van der Waals surface area contributed by atoms with E-state index in [2.05, 4.69) is 13.0 Å². The zero-order valence-corrected chi connectivity index (χ0v) is 23.1. The molecule has 3 aliphatic rings. The summed E-state index contributed by atoms with van der Waals surface area (Å²) in [5.74, 6) is -2.67. The number of allylic oxidation sites excluding steroid dienone is 1. The molecule has 10 heteroatoms. The van der Waals surface area contributed by atoms with Crippen molar-refractivity contribution in [2.75, 3.05) is 13.2 Å². The Labute approximate surface area is 235 Å². The van der Waals surface area contributed by atoms with Crippen LogP contribution in [0.2, 0.25) is 6.32 Å². The zero-order valence-electron chi connectivity index (χ0n) is 23.1. The monoisotopic (exact) mass is 553 g/mol. The molecule has 0 bridgehead atoms. The number of carboxylic acid groups (broad SMARTS) is 1. The van der Waals surface area contributed by atoms with Crippen LogP contribution in [0.5, 0.6) is 5.75 Å². The van der Waals surface area contributed by atoms with E-state index in [9.17, 15) is 29.6 Å². The van der Waals surface area contributed by atoms with Crippen molar-refractivity contribution in [2.24, 2.45) is 17.8 Å². The van der Waals surface area contributed by atoms with Gasteiger partial charge in [-0.05, 0) is 79.6 Å². The standard InChI is InChI=1S/C30H40BNO8/c1-2-7-19(14-20-8-6-9-22(34)15-20)11-12-25-27-21(18-33)16-23-28(24(27)17-31(39)40-25)30(38)32(29(23)37)13-5-3-4-10-26(35)36/h6,8-9,14-15,23-25,28,33-34,39H,2-5,7,10-13,16-18H2,1H3,(H,35,36)/b19-14+/t23-,24+,25-,28-/m1/s1. The number of carbonyl (C=O) groups excluding carboxylic acids is 2. The smallest absolute Gasteiger partial charge is 0.455 e. The number of fused-ring (bicyclic) bond motifs is 3. The van der Waals surface area contributed by atoms with E-state index in [4.69, 9.17) is 9.76 Å². The van der Waals surface area contributed by atoms with Crippen molar-refractivity contribution < 1.29 is 39.4 Å². The Kier molecular flexibility index (Phi) is 10.2. The number of phenolic OH excluding ortho intramolecular Hbond substituents is 1. The summed E-state index contributed by atoms with van der Waals surface area (Å²) in [5.41, 5.74) is 3.66. The second kappa shape index (κ2) is 13.6. The maximum Gasteiger partial charge on any atom is 0.455 e. The average Bonchev–Trinajstić information content (AvgIpc) is 3.15. The van der Waals surface area contributed by atoms with E-state index < -0.39 is 31.0 Å². The van der Waals surface area contributed by atoms with Crippen molar-refractivity contribution in [3.8, 4) is 5.75 Å². The van der Waals surface area contributed by atoms with Crippen LogP contribution in [-0.4, -0.2) is 69.4 Å². The van der Waals surface area contributed by atoms with Crippen LogP contribution < -0.4 is 0 Å². The third-order valence-corrected chi connectivity index (χ3v) is 8.40. The van der Waals surface area contributed by atoms with E-state index in [1.807, 2.05) is 6.07 Å². The Bertz CT molecular complexity index is 1160. The molecule has 0 radical (unpaired) electrons. The van der Waals surface area contributed by atoms with Crippen molar-refractivity contribution in [1.29, 1.82) is 0 Å². The molecule has 2 aliphatic heterocycles. The number of phenols is 1. The van der Waals surface area contributed by atoms with Gasteiger partial charge in [-0.3, -0.25) is 19.3 Å². The van der Waals surface area contributed by atoms with Gasteiger partial charge in [-0.15, -0.1) is 0 Å². The first-order chi connectivity index (χ1) is 19.2. The fourth-order valence-electron chi connectivity index (χ4n) is 6.68. The highest BCUT2D eigenvalue weighted by molar-refractivity contribution is 6.43. The number of hydrogen-bond donors (Lipinski definition) is 4. The largest absolute Gasteiger partial charge is 0.508 e. The highest BCUT2D eigenvalue weighted by Crippen LogP contribution is 2.50. The van der Waals surface area contributed by atoms with E-state index in [1.165, 1.54) is 10.5 Å². The fourth-order valence-corrected chi connectivity index (χ4v) is 6.68. The van der Waals surface area contributed by atoms with Crippen LogP contribution in [0, 0.1) is 17.8 Å². The van der Waals surface area contributed by atoms with Gasteiger partial charge >= 0.3 is 13.1 Å². The Morgan fingerprint density at radius 1 is 1.12 bits per heavy atom. The van der Waals surface area contributed by atoms with Crippen molar-refractivity contribution in [1.82, 2.24) is 4.90 Å². The molecule has 2 saturated heterocycles. The summed E-state index contributed by atoms with van der Waals surface area (Å²) in [7, 11) is -1.07. The molecule has 1 aromatic rings. The normalized spacial score (nSPS) is 24.9. The summed E-state index contributed by atoms with van der Waals surface area (Å²) < 4.78 is 6.00. The minimum absolute atomic E-state index is 0.0601. The number of hydrogen-bond acceptors (Lipinski definition) is 7. The molecule has 0 aromatic heterocycles. The highest BCUT2D eigenvalue weighted by Gasteiger charge is 2.57. The number of nitrogens with zero attached hydrogens (tertiary/aromatic N) is 1. The molecule has 216 valence electrons. The maximum absolute atomic E-state index is 13.5. The number of amides is 2. The Morgan fingerprint density at radius 3 is 2.62 bits per heavy atom. The van der Waals surface area contributed by atoms with Gasteiger partial charge in [-0.2, -0.15) is 0 Å². The number of likely N-dealkylation sites (tertiary alicyclic amines) is 1.